The fourth-order valence-corrected chi connectivity index (χ4v) is 1.44. The number of hydrazine groups is 1. The van der Waals surface area contributed by atoms with Crippen LogP contribution >= 0.6 is 0 Å². The normalized spacial score (nSPS) is 19.6. The summed E-state index contributed by atoms with van der Waals surface area (Å²) in [6.07, 6.45) is 0. The van der Waals surface area contributed by atoms with Gasteiger partial charge < -0.3 is 20.4 Å². The average molecular weight is 246 g/mol. The molecule has 2 amide bonds. The minimum atomic E-state index is -1.28. The minimum Gasteiger partial charge on any atom is -0.480 e. The van der Waals surface area contributed by atoms with E-state index in [0.717, 1.165) is 13.1 Å². The largest absolute Gasteiger partial charge is 0.480 e. The van der Waals surface area contributed by atoms with Gasteiger partial charge in [-0.05, 0) is 7.05 Å². The molecule has 0 aromatic heterocycles. The minimum absolute atomic E-state index is 0.615. The molecule has 1 saturated heterocycles. The van der Waals surface area contributed by atoms with Crippen molar-refractivity contribution < 1.29 is 19.8 Å². The highest BCUT2D eigenvalue weighted by atomic mass is 16.4. The molecule has 4 N–H and O–H groups in total. The number of hydrogen-bond acceptors (Lipinski definition) is 5. The maximum Gasteiger partial charge on any atom is 0.330 e. The van der Waals surface area contributed by atoms with Crippen molar-refractivity contribution in [2.75, 3.05) is 39.8 Å². The molecule has 1 aliphatic rings. The highest BCUT2D eigenvalue weighted by molar-refractivity contribution is 5.82. The molecule has 0 unspecified atom stereocenters. The van der Waals surface area contributed by atoms with Gasteiger partial charge in [-0.3, -0.25) is 5.43 Å². The molecule has 98 valence electrons. The number of nitrogens with zero attached hydrogens (tertiary/aromatic N) is 2. The third kappa shape index (κ3) is 4.55. The summed E-state index contributed by atoms with van der Waals surface area (Å²) in [6, 6.07) is -1.89. The second-order valence-electron chi connectivity index (χ2n) is 3.95. The monoisotopic (exact) mass is 246 g/mol. The summed E-state index contributed by atoms with van der Waals surface area (Å²) in [5.41, 5.74) is 2.54. The summed E-state index contributed by atoms with van der Waals surface area (Å²) < 4.78 is 0. The van der Waals surface area contributed by atoms with Crippen molar-refractivity contribution in [2.24, 2.45) is 0 Å². The number of carbonyl (C=O) groups excluding carboxylic acids is 1. The number of carboxylic acids is 1. The molecule has 1 heterocycles. The van der Waals surface area contributed by atoms with Gasteiger partial charge >= 0.3 is 12.0 Å². The molecular weight excluding hydrogens is 228 g/mol. The van der Waals surface area contributed by atoms with E-state index in [-0.39, 0.29) is 0 Å². The molecule has 1 rings (SSSR count). The van der Waals surface area contributed by atoms with Crippen LogP contribution in [-0.4, -0.2) is 78.0 Å². The van der Waals surface area contributed by atoms with E-state index < -0.39 is 24.6 Å². The number of carbonyl (C=O) groups is 2. The van der Waals surface area contributed by atoms with Crippen LogP contribution in [0.2, 0.25) is 0 Å². The molecule has 1 atom stereocenters. The van der Waals surface area contributed by atoms with Crippen LogP contribution in [0.3, 0.4) is 0 Å². The summed E-state index contributed by atoms with van der Waals surface area (Å²) in [5, 5.41) is 21.3. The molecule has 0 aromatic carbocycles. The van der Waals surface area contributed by atoms with Crippen molar-refractivity contribution in [1.82, 2.24) is 20.7 Å². The van der Waals surface area contributed by atoms with Crippen LogP contribution in [0.1, 0.15) is 0 Å². The first-order chi connectivity index (χ1) is 8.02. The third-order valence-electron chi connectivity index (χ3n) is 2.55. The molecule has 0 bridgehead atoms. The van der Waals surface area contributed by atoms with E-state index in [0.29, 0.717) is 13.1 Å². The predicted octanol–water partition coefficient (Wildman–Crippen LogP) is -2.11. The second-order valence-corrected chi connectivity index (χ2v) is 3.95. The van der Waals surface area contributed by atoms with Gasteiger partial charge in [0, 0.05) is 26.2 Å². The number of hydrogen-bond donors (Lipinski definition) is 4. The van der Waals surface area contributed by atoms with Crippen molar-refractivity contribution in [3.8, 4) is 0 Å². The molecule has 0 aromatic rings. The van der Waals surface area contributed by atoms with Crippen LogP contribution in [0.4, 0.5) is 4.79 Å². The van der Waals surface area contributed by atoms with Crippen molar-refractivity contribution >= 4 is 12.0 Å². The number of nitrogens with one attached hydrogen (secondary N) is 2. The number of likely N-dealkylation sites (N-methyl/N-ethyl adjacent to an activating group) is 1. The molecule has 0 aliphatic carbocycles. The first-order valence-electron chi connectivity index (χ1n) is 5.37. The van der Waals surface area contributed by atoms with Gasteiger partial charge in [-0.25, -0.2) is 14.6 Å². The van der Waals surface area contributed by atoms with Crippen LogP contribution in [-0.2, 0) is 4.79 Å². The Labute approximate surface area is 99.2 Å². The van der Waals surface area contributed by atoms with E-state index in [1.165, 1.54) is 0 Å². The molecule has 8 nitrogen and oxygen atoms in total. The molecule has 0 spiro atoms. The van der Waals surface area contributed by atoms with Gasteiger partial charge in [0.05, 0.1) is 6.61 Å². The quantitative estimate of drug-likeness (QED) is 0.452. The van der Waals surface area contributed by atoms with Gasteiger partial charge in [-0.1, -0.05) is 0 Å². The second kappa shape index (κ2) is 6.38. The number of piperazine rings is 1. The summed E-state index contributed by atoms with van der Waals surface area (Å²) in [7, 11) is 1.99. The Morgan fingerprint density at radius 2 is 1.88 bits per heavy atom. The maximum atomic E-state index is 11.4. The molecular formula is C9H18N4O4. The first-order valence-corrected chi connectivity index (χ1v) is 5.37. The lowest BCUT2D eigenvalue weighted by atomic mass is 10.3. The summed E-state index contributed by atoms with van der Waals surface area (Å²) in [6.45, 7) is 2.40. The van der Waals surface area contributed by atoms with Gasteiger partial charge in [0.15, 0.2) is 6.04 Å². The van der Waals surface area contributed by atoms with Crippen molar-refractivity contribution in [1.29, 1.82) is 0 Å². The average Bonchev–Trinajstić information content (AvgIpc) is 2.28. The SMILES string of the molecule is CN1CCN(NC(=O)N[C@H](CO)C(=O)O)CC1. The lowest BCUT2D eigenvalue weighted by Crippen LogP contribution is -2.57. The molecule has 17 heavy (non-hydrogen) atoms. The van der Waals surface area contributed by atoms with E-state index in [2.05, 4.69) is 15.6 Å². The van der Waals surface area contributed by atoms with Crippen LogP contribution in [0.5, 0.6) is 0 Å². The van der Waals surface area contributed by atoms with E-state index >= 15 is 0 Å². The molecule has 0 radical (unpaired) electrons. The van der Waals surface area contributed by atoms with E-state index in [1.54, 1.807) is 5.01 Å². The van der Waals surface area contributed by atoms with Crippen LogP contribution in [0, 0.1) is 0 Å². The fraction of sp³-hybridized carbons (Fsp3) is 0.778. The smallest absolute Gasteiger partial charge is 0.330 e. The van der Waals surface area contributed by atoms with Crippen molar-refractivity contribution in [2.45, 2.75) is 6.04 Å². The number of aliphatic carboxylic acids is 1. The highest BCUT2D eigenvalue weighted by Gasteiger charge is 2.21. The third-order valence-corrected chi connectivity index (χ3v) is 2.55. The number of urea groups is 1. The van der Waals surface area contributed by atoms with Crippen LogP contribution in [0.25, 0.3) is 0 Å². The van der Waals surface area contributed by atoms with E-state index in [9.17, 15) is 9.59 Å². The van der Waals surface area contributed by atoms with Crippen LogP contribution < -0.4 is 10.7 Å². The molecule has 1 aliphatic heterocycles. The Bertz CT molecular complexity index is 278. The Hall–Kier alpha value is -1.38. The number of carboxylic acid groups (broad SMARTS) is 1. The Kier molecular flexibility index (Phi) is 5.13. The zero-order valence-corrected chi connectivity index (χ0v) is 9.72. The summed E-state index contributed by atoms with van der Waals surface area (Å²) in [5.74, 6) is -1.26. The molecule has 8 heteroatoms. The molecule has 1 fully saturated rings. The number of amides is 2. The zero-order valence-electron chi connectivity index (χ0n) is 9.72. The highest BCUT2D eigenvalue weighted by Crippen LogP contribution is 1.95. The maximum absolute atomic E-state index is 11.4. The lowest BCUT2D eigenvalue weighted by Gasteiger charge is -2.32. The topological polar surface area (TPSA) is 105 Å². The lowest BCUT2D eigenvalue weighted by molar-refractivity contribution is -0.140. The van der Waals surface area contributed by atoms with Crippen molar-refractivity contribution in [3.63, 3.8) is 0 Å². The Balaban J connectivity index is 2.31. The van der Waals surface area contributed by atoms with E-state index in [1.807, 2.05) is 7.05 Å². The van der Waals surface area contributed by atoms with Gasteiger partial charge in [-0.15, -0.1) is 0 Å². The number of aliphatic hydroxyl groups is 1. The van der Waals surface area contributed by atoms with Gasteiger partial charge in [0.25, 0.3) is 0 Å². The van der Waals surface area contributed by atoms with Crippen molar-refractivity contribution in [3.05, 3.63) is 0 Å². The standard InChI is InChI=1S/C9H18N4O4/c1-12-2-4-13(5-3-12)11-9(17)10-7(6-14)8(15)16/h7,14H,2-6H2,1H3,(H,15,16)(H2,10,11,17)/t7-/m1/s1. The summed E-state index contributed by atoms with van der Waals surface area (Å²) in [4.78, 5) is 24.1. The van der Waals surface area contributed by atoms with E-state index in [4.69, 9.17) is 10.2 Å². The summed E-state index contributed by atoms with van der Waals surface area (Å²) >= 11 is 0. The van der Waals surface area contributed by atoms with Gasteiger partial charge in [-0.2, -0.15) is 0 Å². The number of rotatable bonds is 4. The Morgan fingerprint density at radius 3 is 2.35 bits per heavy atom. The fourth-order valence-electron chi connectivity index (χ4n) is 1.44. The molecule has 0 saturated carbocycles. The first kappa shape index (κ1) is 13.7. The predicted molar refractivity (Wildman–Crippen MR) is 59.2 cm³/mol. The van der Waals surface area contributed by atoms with Gasteiger partial charge in [0.2, 0.25) is 0 Å². The van der Waals surface area contributed by atoms with Gasteiger partial charge in [0.1, 0.15) is 0 Å². The number of aliphatic hydroxyl groups excluding tert-OH is 1. The Morgan fingerprint density at radius 1 is 1.29 bits per heavy atom. The van der Waals surface area contributed by atoms with Crippen LogP contribution in [0.15, 0.2) is 0 Å². The zero-order chi connectivity index (χ0) is 12.8.